The van der Waals surface area contributed by atoms with Gasteiger partial charge in [0.15, 0.2) is 0 Å². The summed E-state index contributed by atoms with van der Waals surface area (Å²) in [6.07, 6.45) is 4.78. The highest BCUT2D eigenvalue weighted by molar-refractivity contribution is 5.78. The van der Waals surface area contributed by atoms with Gasteiger partial charge in [0.25, 0.3) is 5.69 Å². The van der Waals surface area contributed by atoms with Crippen LogP contribution in [0.5, 0.6) is 0 Å². The Bertz CT molecular complexity index is 1510. The van der Waals surface area contributed by atoms with Crippen LogP contribution in [0, 0.1) is 29.8 Å². The van der Waals surface area contributed by atoms with E-state index in [1.54, 1.807) is 37.3 Å². The van der Waals surface area contributed by atoms with Crippen LogP contribution in [0.4, 0.5) is 33.6 Å². The summed E-state index contributed by atoms with van der Waals surface area (Å²) < 4.78 is 19.2. The molecule has 0 atom stereocenters. The first-order chi connectivity index (χ1) is 18.9. The van der Waals surface area contributed by atoms with E-state index in [4.69, 9.17) is 4.42 Å². The van der Waals surface area contributed by atoms with Crippen molar-refractivity contribution in [1.29, 1.82) is 0 Å². The first-order valence-electron chi connectivity index (χ1n) is 12.5. The molecule has 1 aliphatic rings. The second-order valence-electron chi connectivity index (χ2n) is 9.17. The molecule has 1 fully saturated rings. The molecule has 0 spiro atoms. The number of hydrazone groups is 1. The Morgan fingerprint density at radius 3 is 2.46 bits per heavy atom. The Hall–Kier alpha value is -4.87. The Labute approximate surface area is 224 Å². The molecule has 4 aromatic rings. The normalized spacial score (nSPS) is 13.6. The smallest absolute Gasteiger partial charge is 0.272 e. The summed E-state index contributed by atoms with van der Waals surface area (Å²) in [5, 5.41) is 18.5. The van der Waals surface area contributed by atoms with Gasteiger partial charge < -0.3 is 14.6 Å². The van der Waals surface area contributed by atoms with Gasteiger partial charge in [-0.1, -0.05) is 0 Å². The van der Waals surface area contributed by atoms with Crippen molar-refractivity contribution in [2.75, 3.05) is 28.7 Å². The van der Waals surface area contributed by atoms with Gasteiger partial charge >= 0.3 is 0 Å². The van der Waals surface area contributed by atoms with Crippen LogP contribution in [-0.4, -0.2) is 39.2 Å². The van der Waals surface area contributed by atoms with Gasteiger partial charge in [0.1, 0.15) is 17.3 Å². The zero-order chi connectivity index (χ0) is 27.4. The molecule has 0 bridgehead atoms. The molecule has 0 radical (unpaired) electrons. The molecule has 39 heavy (non-hydrogen) atoms. The molecule has 3 heterocycles. The Morgan fingerprint density at radius 1 is 0.974 bits per heavy atom. The van der Waals surface area contributed by atoms with Crippen molar-refractivity contribution in [3.05, 3.63) is 81.3 Å². The third-order valence-electron chi connectivity index (χ3n) is 6.57. The van der Waals surface area contributed by atoms with Gasteiger partial charge in [0, 0.05) is 36.0 Å². The monoisotopic (exact) mass is 530 g/mol. The number of halogens is 1. The van der Waals surface area contributed by atoms with E-state index in [2.05, 4.69) is 35.7 Å². The maximum atomic E-state index is 13.3. The summed E-state index contributed by atoms with van der Waals surface area (Å²) in [5.74, 6) is 1.78. The molecule has 0 aliphatic carbocycles. The van der Waals surface area contributed by atoms with E-state index in [0.29, 0.717) is 34.7 Å². The lowest BCUT2D eigenvalue weighted by molar-refractivity contribution is -0.385. The maximum absolute atomic E-state index is 13.3. The topological polar surface area (TPSA) is 135 Å². The van der Waals surface area contributed by atoms with E-state index in [9.17, 15) is 14.5 Å². The van der Waals surface area contributed by atoms with E-state index >= 15 is 0 Å². The van der Waals surface area contributed by atoms with Gasteiger partial charge in [0.2, 0.25) is 17.8 Å². The van der Waals surface area contributed by atoms with Crippen LogP contribution in [0.3, 0.4) is 0 Å². The predicted molar refractivity (Wildman–Crippen MR) is 147 cm³/mol. The molecule has 2 aromatic heterocycles. The average Bonchev–Trinajstić information content (AvgIpc) is 3.40. The van der Waals surface area contributed by atoms with E-state index in [1.165, 1.54) is 30.8 Å². The van der Waals surface area contributed by atoms with Crippen molar-refractivity contribution in [1.82, 2.24) is 15.0 Å². The number of hydrogen-bond donors (Lipinski definition) is 2. The predicted octanol–water partition coefficient (Wildman–Crippen LogP) is 5.98. The summed E-state index contributed by atoms with van der Waals surface area (Å²) in [5.41, 5.74) is 5.69. The Kier molecular flexibility index (Phi) is 7.43. The minimum absolute atomic E-state index is 0.0725. The minimum atomic E-state index is -0.392. The fraction of sp³-hybridized carbons (Fsp3) is 0.259. The highest BCUT2D eigenvalue weighted by atomic mass is 19.1. The van der Waals surface area contributed by atoms with Gasteiger partial charge in [-0.2, -0.15) is 20.1 Å². The lowest BCUT2D eigenvalue weighted by Gasteiger charge is -2.26. The average molecular weight is 531 g/mol. The van der Waals surface area contributed by atoms with Gasteiger partial charge in [0.05, 0.1) is 11.1 Å². The van der Waals surface area contributed by atoms with Crippen molar-refractivity contribution in [3.8, 4) is 11.3 Å². The molecular formula is C27H27FN8O3. The fourth-order valence-corrected chi connectivity index (χ4v) is 4.36. The molecule has 200 valence electrons. The summed E-state index contributed by atoms with van der Waals surface area (Å²) in [7, 11) is 0. The van der Waals surface area contributed by atoms with Crippen molar-refractivity contribution in [2.45, 2.75) is 33.1 Å². The second-order valence-corrected chi connectivity index (χ2v) is 9.17. The number of nitrogens with one attached hydrogen (secondary N) is 2. The van der Waals surface area contributed by atoms with Gasteiger partial charge in [-0.05, 0) is 81.1 Å². The molecule has 2 aromatic carbocycles. The molecule has 1 saturated heterocycles. The maximum Gasteiger partial charge on any atom is 0.272 e. The summed E-state index contributed by atoms with van der Waals surface area (Å²) in [6.45, 7) is 5.24. The van der Waals surface area contributed by atoms with Crippen molar-refractivity contribution < 1.29 is 13.7 Å². The third-order valence-corrected chi connectivity index (χ3v) is 6.57. The molecule has 1 aliphatic heterocycles. The molecule has 0 saturated carbocycles. The number of rotatable bonds is 8. The van der Waals surface area contributed by atoms with Crippen LogP contribution in [0.2, 0.25) is 0 Å². The van der Waals surface area contributed by atoms with Crippen molar-refractivity contribution in [3.63, 3.8) is 0 Å². The highest BCUT2D eigenvalue weighted by Crippen LogP contribution is 2.32. The van der Waals surface area contributed by atoms with Gasteiger partial charge in [-0.3, -0.25) is 10.1 Å². The quantitative estimate of drug-likeness (QED) is 0.160. The molecular weight excluding hydrogens is 503 g/mol. The zero-order valence-electron chi connectivity index (χ0n) is 21.5. The molecule has 0 unspecified atom stereocenters. The second kappa shape index (κ2) is 11.3. The number of anilines is 4. The van der Waals surface area contributed by atoms with Gasteiger partial charge in [-0.15, -0.1) is 0 Å². The third kappa shape index (κ3) is 6.00. The van der Waals surface area contributed by atoms with Crippen LogP contribution in [-0.2, 0) is 0 Å². The first kappa shape index (κ1) is 25.8. The van der Waals surface area contributed by atoms with Crippen LogP contribution in [0.1, 0.15) is 36.1 Å². The summed E-state index contributed by atoms with van der Waals surface area (Å²) in [6, 6.07) is 12.6. The van der Waals surface area contributed by atoms with Crippen LogP contribution < -0.4 is 15.6 Å². The van der Waals surface area contributed by atoms with E-state index in [0.717, 1.165) is 37.1 Å². The molecule has 5 rings (SSSR count). The number of piperidine rings is 1. The highest BCUT2D eigenvalue weighted by Gasteiger charge is 2.18. The lowest BCUT2D eigenvalue weighted by Crippen LogP contribution is -2.31. The number of nitro groups is 1. The largest absolute Gasteiger partial charge is 0.455 e. The zero-order valence-corrected chi connectivity index (χ0v) is 21.5. The minimum Gasteiger partial charge on any atom is -0.455 e. The van der Waals surface area contributed by atoms with E-state index in [1.807, 2.05) is 6.92 Å². The first-order valence-corrected chi connectivity index (χ1v) is 12.5. The number of furan rings is 1. The molecule has 0 amide bonds. The number of hydrogen-bond acceptors (Lipinski definition) is 10. The standard InChI is InChI=1S/C27H27FN8O3/c1-17-18(2)23(36(37)38)12-11-22(17)24-13-10-21(39-24)16-29-34-26-31-25(30-20-8-6-19(28)7-9-20)32-27(33-26)35-14-4-3-5-15-35/h6-13,16H,3-5,14-15H2,1-2H3,(H2,30,31,32,33,34)/b29-16-. The van der Waals surface area contributed by atoms with E-state index < -0.39 is 4.92 Å². The fourth-order valence-electron chi connectivity index (χ4n) is 4.36. The number of nitro benzene ring substituents is 1. The van der Waals surface area contributed by atoms with Gasteiger partial charge in [-0.25, -0.2) is 9.82 Å². The number of benzene rings is 2. The lowest BCUT2D eigenvalue weighted by atomic mass is 10.00. The van der Waals surface area contributed by atoms with Crippen molar-refractivity contribution in [2.24, 2.45) is 5.10 Å². The summed E-state index contributed by atoms with van der Waals surface area (Å²) in [4.78, 5) is 26.4. The van der Waals surface area contributed by atoms with E-state index in [-0.39, 0.29) is 17.5 Å². The van der Waals surface area contributed by atoms with Crippen LogP contribution in [0.25, 0.3) is 11.3 Å². The SMILES string of the molecule is Cc1c(-c2ccc(/C=N\Nc3nc(Nc4ccc(F)cc4)nc(N4CCCCC4)n3)o2)ccc([N+](=O)[O-])c1C. The Balaban J connectivity index is 1.34. The molecule has 12 heteroatoms. The summed E-state index contributed by atoms with van der Waals surface area (Å²) >= 11 is 0. The molecule has 2 N–H and O–H groups in total. The molecule has 11 nitrogen and oxygen atoms in total. The number of nitrogens with zero attached hydrogens (tertiary/aromatic N) is 6. The van der Waals surface area contributed by atoms with Crippen LogP contribution in [0.15, 0.2) is 58.0 Å². The Morgan fingerprint density at radius 2 is 1.72 bits per heavy atom. The number of aromatic nitrogens is 3. The van der Waals surface area contributed by atoms with Crippen LogP contribution >= 0.6 is 0 Å². The van der Waals surface area contributed by atoms with Crippen molar-refractivity contribution >= 4 is 35.4 Å².